The Morgan fingerprint density at radius 3 is 1.08 bits per heavy atom. The van der Waals surface area contributed by atoms with Crippen molar-refractivity contribution in [2.24, 2.45) is 11.5 Å². The molecule has 6 N–H and O–H groups in total. The predicted octanol–water partition coefficient (Wildman–Crippen LogP) is 9.96. The smallest absolute Gasteiger partial charge is 0.0611 e. The summed E-state index contributed by atoms with van der Waals surface area (Å²) < 4.78 is 0. The molecule has 0 aliphatic rings. The van der Waals surface area contributed by atoms with Gasteiger partial charge in [-0.2, -0.15) is 0 Å². The monoisotopic (exact) mass is 557 g/mol. The minimum Gasteiger partial charge on any atom is -0.395 e. The van der Waals surface area contributed by atoms with E-state index in [1.165, 1.54) is 161 Å². The number of rotatable bonds is 30. The first-order valence-corrected chi connectivity index (χ1v) is 17.8. The molecule has 0 fully saturated rings. The molecule has 0 rings (SSSR count). The van der Waals surface area contributed by atoms with Gasteiger partial charge in [-0.25, -0.2) is 0 Å². The lowest BCUT2D eigenvalue weighted by Gasteiger charge is -2.25. The average molecular weight is 557 g/mol. The van der Waals surface area contributed by atoms with Crippen LogP contribution in [-0.4, -0.2) is 35.0 Å². The predicted molar refractivity (Wildman–Crippen MR) is 175 cm³/mol. The highest BCUT2D eigenvalue weighted by molar-refractivity contribution is 4.81. The maximum atomic E-state index is 9.25. The molecule has 0 saturated carbocycles. The molecule has 0 amide bonds. The van der Waals surface area contributed by atoms with Crippen LogP contribution in [0.5, 0.6) is 0 Å². The summed E-state index contributed by atoms with van der Waals surface area (Å²) >= 11 is 0. The van der Waals surface area contributed by atoms with Crippen LogP contribution in [0.2, 0.25) is 0 Å². The van der Waals surface area contributed by atoms with Gasteiger partial charge in [-0.1, -0.05) is 181 Å². The van der Waals surface area contributed by atoms with Crippen LogP contribution >= 0.6 is 0 Å². The molecule has 0 aromatic heterocycles. The van der Waals surface area contributed by atoms with E-state index in [9.17, 15) is 5.11 Å². The van der Waals surface area contributed by atoms with Crippen LogP contribution in [0.15, 0.2) is 0 Å². The van der Waals surface area contributed by atoms with Gasteiger partial charge in [0.05, 0.1) is 13.2 Å². The van der Waals surface area contributed by atoms with E-state index < -0.39 is 0 Å². The minimum atomic E-state index is -0.322. The Balaban J connectivity index is 0. The lowest BCUT2D eigenvalue weighted by Crippen LogP contribution is -2.42. The van der Waals surface area contributed by atoms with Crippen LogP contribution in [0.25, 0.3) is 0 Å². The third-order valence-corrected chi connectivity index (χ3v) is 8.46. The maximum absolute atomic E-state index is 9.25. The molecule has 0 aromatic carbocycles. The van der Waals surface area contributed by atoms with Crippen molar-refractivity contribution >= 4 is 0 Å². The molecule has 4 nitrogen and oxygen atoms in total. The molecular weight excluding hydrogens is 480 g/mol. The Hall–Kier alpha value is -0.160. The fourth-order valence-corrected chi connectivity index (χ4v) is 5.20. The summed E-state index contributed by atoms with van der Waals surface area (Å²) in [6, 6.07) is 0.00752. The summed E-state index contributed by atoms with van der Waals surface area (Å²) in [5, 5.41) is 18.0. The second kappa shape index (κ2) is 34.0. The van der Waals surface area contributed by atoms with Gasteiger partial charge in [0.15, 0.2) is 0 Å². The molecule has 0 aliphatic carbocycles. The lowest BCUT2D eigenvalue weighted by atomic mass is 9.91. The molecule has 2 unspecified atom stereocenters. The highest BCUT2D eigenvalue weighted by atomic mass is 16.3. The maximum Gasteiger partial charge on any atom is 0.0611 e. The Kier molecular flexibility index (Phi) is 35.8. The molecule has 0 spiro atoms. The topological polar surface area (TPSA) is 92.5 Å². The zero-order valence-electron chi connectivity index (χ0n) is 27.3. The Morgan fingerprint density at radius 2 is 0.795 bits per heavy atom. The normalized spacial score (nSPS) is 13.6. The molecule has 0 heterocycles. The molecule has 2 atom stereocenters. The first kappa shape index (κ1) is 41.0. The van der Waals surface area contributed by atoms with E-state index in [-0.39, 0.29) is 24.8 Å². The summed E-state index contributed by atoms with van der Waals surface area (Å²) in [5.41, 5.74) is 11.4. The average Bonchev–Trinajstić information content (AvgIpc) is 2.96. The summed E-state index contributed by atoms with van der Waals surface area (Å²) in [7, 11) is 0. The van der Waals surface area contributed by atoms with Gasteiger partial charge in [-0.3, -0.25) is 0 Å². The van der Waals surface area contributed by atoms with Crippen LogP contribution in [0.4, 0.5) is 0 Å². The van der Waals surface area contributed by atoms with Gasteiger partial charge in [-0.05, 0) is 19.3 Å². The van der Waals surface area contributed by atoms with Crippen molar-refractivity contribution in [1.29, 1.82) is 0 Å². The third kappa shape index (κ3) is 33.9. The standard InChI is InChI=1S/C19H41NO.C16H35NO/c1-3-5-6-7-8-9-10-11-12-13-14-15-16-17-19(20,4-2)18-21;1-2-3-4-5-6-7-8-9-10-11-12-13-14-16(17)15-18/h21H,3-18,20H2,1-2H3;16,18H,2-15,17H2,1H3. The molecule has 0 aromatic rings. The molecule has 0 bridgehead atoms. The summed E-state index contributed by atoms with van der Waals surface area (Å²) in [6.45, 7) is 6.88. The number of hydrogen-bond donors (Lipinski definition) is 4. The quantitative estimate of drug-likeness (QED) is 0.0662. The van der Waals surface area contributed by atoms with Gasteiger partial charge in [0, 0.05) is 11.6 Å². The summed E-state index contributed by atoms with van der Waals surface area (Å²) in [5.74, 6) is 0. The van der Waals surface area contributed by atoms with Gasteiger partial charge in [-0.15, -0.1) is 0 Å². The van der Waals surface area contributed by atoms with Crippen molar-refractivity contribution in [3.8, 4) is 0 Å². The van der Waals surface area contributed by atoms with Crippen LogP contribution in [0.3, 0.4) is 0 Å². The largest absolute Gasteiger partial charge is 0.395 e. The van der Waals surface area contributed by atoms with Gasteiger partial charge in [0.1, 0.15) is 0 Å². The van der Waals surface area contributed by atoms with E-state index >= 15 is 0 Å². The Labute approximate surface area is 246 Å². The third-order valence-electron chi connectivity index (χ3n) is 8.46. The molecule has 0 saturated heterocycles. The lowest BCUT2D eigenvalue weighted by molar-refractivity contribution is 0.179. The Bertz CT molecular complexity index is 429. The van der Waals surface area contributed by atoms with Crippen molar-refractivity contribution < 1.29 is 10.2 Å². The minimum absolute atomic E-state index is 0.00752. The van der Waals surface area contributed by atoms with Crippen LogP contribution in [-0.2, 0) is 0 Å². The van der Waals surface area contributed by atoms with Gasteiger partial charge < -0.3 is 21.7 Å². The second-order valence-electron chi connectivity index (χ2n) is 12.5. The first-order chi connectivity index (χ1) is 19.0. The number of unbranched alkanes of at least 4 members (excludes halogenated alkanes) is 23. The van der Waals surface area contributed by atoms with E-state index in [0.717, 1.165) is 19.3 Å². The Morgan fingerprint density at radius 1 is 0.487 bits per heavy atom. The molecular formula is C35H76N2O2. The molecule has 39 heavy (non-hydrogen) atoms. The van der Waals surface area contributed by atoms with Crippen LogP contribution in [0, 0.1) is 0 Å². The second-order valence-corrected chi connectivity index (χ2v) is 12.5. The number of aliphatic hydroxyl groups is 2. The van der Waals surface area contributed by atoms with Gasteiger partial charge in [0.2, 0.25) is 0 Å². The van der Waals surface area contributed by atoms with Crippen molar-refractivity contribution in [2.75, 3.05) is 13.2 Å². The first-order valence-electron chi connectivity index (χ1n) is 17.8. The van der Waals surface area contributed by atoms with E-state index in [1.807, 2.05) is 0 Å². The molecule has 0 radical (unpaired) electrons. The van der Waals surface area contributed by atoms with E-state index in [0.29, 0.717) is 0 Å². The SMILES string of the molecule is CCCCCCCCCCCCCCC(N)CO.CCCCCCCCCCCCCCCC(N)(CC)CO. The zero-order valence-corrected chi connectivity index (χ0v) is 27.3. The van der Waals surface area contributed by atoms with Crippen molar-refractivity contribution in [2.45, 2.75) is 212 Å². The zero-order chi connectivity index (χ0) is 29.3. The van der Waals surface area contributed by atoms with E-state index in [2.05, 4.69) is 20.8 Å². The van der Waals surface area contributed by atoms with E-state index in [4.69, 9.17) is 16.6 Å². The fourth-order valence-electron chi connectivity index (χ4n) is 5.20. The van der Waals surface area contributed by atoms with Gasteiger partial charge in [0.25, 0.3) is 0 Å². The molecule has 238 valence electrons. The number of hydrogen-bond acceptors (Lipinski definition) is 4. The number of nitrogens with two attached hydrogens (primary N) is 2. The van der Waals surface area contributed by atoms with Crippen LogP contribution < -0.4 is 11.5 Å². The molecule has 0 aliphatic heterocycles. The highest BCUT2D eigenvalue weighted by Crippen LogP contribution is 2.18. The summed E-state index contributed by atoms with van der Waals surface area (Å²) in [6.07, 6.45) is 37.2. The van der Waals surface area contributed by atoms with Crippen LogP contribution in [0.1, 0.15) is 201 Å². The van der Waals surface area contributed by atoms with Crippen molar-refractivity contribution in [3.63, 3.8) is 0 Å². The van der Waals surface area contributed by atoms with Gasteiger partial charge >= 0.3 is 0 Å². The fraction of sp³-hybridized carbons (Fsp3) is 1.00. The van der Waals surface area contributed by atoms with E-state index in [1.54, 1.807) is 0 Å². The summed E-state index contributed by atoms with van der Waals surface area (Å²) in [4.78, 5) is 0. The highest BCUT2D eigenvalue weighted by Gasteiger charge is 2.20. The van der Waals surface area contributed by atoms with Crippen molar-refractivity contribution in [1.82, 2.24) is 0 Å². The van der Waals surface area contributed by atoms with Crippen molar-refractivity contribution in [3.05, 3.63) is 0 Å². The molecule has 4 heteroatoms. The number of aliphatic hydroxyl groups excluding tert-OH is 2.